The van der Waals surface area contributed by atoms with Crippen LogP contribution in [-0.4, -0.2) is 44.5 Å². The minimum absolute atomic E-state index is 0.155. The van der Waals surface area contributed by atoms with Crippen molar-refractivity contribution in [3.05, 3.63) is 28.6 Å². The molecule has 0 bridgehead atoms. The molecule has 0 radical (unpaired) electrons. The number of anilines is 1. The van der Waals surface area contributed by atoms with Crippen molar-refractivity contribution in [3.63, 3.8) is 0 Å². The van der Waals surface area contributed by atoms with Gasteiger partial charge in [-0.15, -0.1) is 23.1 Å². The monoisotopic (exact) mass is 338 g/mol. The first-order chi connectivity index (χ1) is 10.5. The van der Waals surface area contributed by atoms with E-state index in [0.29, 0.717) is 22.5 Å². The van der Waals surface area contributed by atoms with Crippen molar-refractivity contribution in [2.24, 2.45) is 0 Å². The van der Waals surface area contributed by atoms with Gasteiger partial charge in [-0.25, -0.2) is 4.98 Å². The van der Waals surface area contributed by atoms with E-state index in [1.165, 1.54) is 28.0 Å². The van der Waals surface area contributed by atoms with Crippen molar-refractivity contribution in [3.8, 4) is 0 Å². The number of hydrogen-bond acceptors (Lipinski definition) is 7. The number of carbonyl (C=O) groups is 2. The summed E-state index contributed by atoms with van der Waals surface area (Å²) in [5, 5.41) is 7.02. The van der Waals surface area contributed by atoms with E-state index in [0.717, 1.165) is 4.88 Å². The van der Waals surface area contributed by atoms with Crippen LogP contribution < -0.4 is 5.32 Å². The van der Waals surface area contributed by atoms with Gasteiger partial charge >= 0.3 is 0 Å². The van der Waals surface area contributed by atoms with Gasteiger partial charge in [0.15, 0.2) is 5.13 Å². The molecule has 9 heteroatoms. The van der Waals surface area contributed by atoms with Gasteiger partial charge in [0.1, 0.15) is 6.04 Å². The van der Waals surface area contributed by atoms with E-state index in [-0.39, 0.29) is 17.6 Å². The van der Waals surface area contributed by atoms with Crippen LogP contribution in [0.25, 0.3) is 0 Å². The average Bonchev–Trinajstić information content (AvgIpc) is 3.19. The smallest absolute Gasteiger partial charge is 0.293 e. The third-order valence-electron chi connectivity index (χ3n) is 3.14. The summed E-state index contributed by atoms with van der Waals surface area (Å²) < 4.78 is 5.00. The molecule has 1 aliphatic heterocycles. The van der Waals surface area contributed by atoms with Gasteiger partial charge in [0, 0.05) is 22.9 Å². The molecule has 7 nitrogen and oxygen atoms in total. The molecule has 0 aromatic carbocycles. The van der Waals surface area contributed by atoms with E-state index in [4.69, 9.17) is 4.52 Å². The molecule has 1 fully saturated rings. The molecule has 1 aliphatic rings. The summed E-state index contributed by atoms with van der Waals surface area (Å²) in [7, 11) is 0. The molecular formula is C13H14N4O3S2. The Bertz CT molecular complexity index is 712. The number of carbonyl (C=O) groups excluding carboxylic acids is 2. The molecule has 1 N–H and O–H groups in total. The van der Waals surface area contributed by atoms with Crippen LogP contribution in [-0.2, 0) is 4.79 Å². The van der Waals surface area contributed by atoms with Gasteiger partial charge in [-0.05, 0) is 13.8 Å². The molecule has 0 saturated carbocycles. The number of amides is 2. The third kappa shape index (κ3) is 3.00. The first kappa shape index (κ1) is 15.0. The molecule has 1 saturated heterocycles. The van der Waals surface area contributed by atoms with Gasteiger partial charge < -0.3 is 14.7 Å². The zero-order chi connectivity index (χ0) is 15.7. The fourth-order valence-electron chi connectivity index (χ4n) is 2.07. The van der Waals surface area contributed by atoms with Crippen LogP contribution >= 0.6 is 23.1 Å². The summed E-state index contributed by atoms with van der Waals surface area (Å²) in [5.74, 6) is 0.607. The SMILES string of the molecule is Cc1cc(C(=O)N2CSC[C@@H]2C(=O)Nc2ncc(C)s2)on1. The Balaban J connectivity index is 1.72. The van der Waals surface area contributed by atoms with Gasteiger partial charge in [-0.1, -0.05) is 5.16 Å². The van der Waals surface area contributed by atoms with Crippen molar-refractivity contribution < 1.29 is 14.1 Å². The fourth-order valence-corrected chi connectivity index (χ4v) is 3.89. The van der Waals surface area contributed by atoms with E-state index in [2.05, 4.69) is 15.5 Å². The van der Waals surface area contributed by atoms with Crippen LogP contribution in [0.1, 0.15) is 21.1 Å². The maximum atomic E-state index is 12.4. The predicted molar refractivity (Wildman–Crippen MR) is 84.0 cm³/mol. The Morgan fingerprint density at radius 1 is 1.45 bits per heavy atom. The first-order valence-corrected chi connectivity index (χ1v) is 8.57. The highest BCUT2D eigenvalue weighted by atomic mass is 32.2. The lowest BCUT2D eigenvalue weighted by Crippen LogP contribution is -2.44. The molecule has 0 aliphatic carbocycles. The van der Waals surface area contributed by atoms with Crippen molar-refractivity contribution in [2.45, 2.75) is 19.9 Å². The predicted octanol–water partition coefficient (Wildman–Crippen LogP) is 1.90. The molecule has 22 heavy (non-hydrogen) atoms. The number of thioether (sulfide) groups is 1. The largest absolute Gasteiger partial charge is 0.351 e. The molecular weight excluding hydrogens is 324 g/mol. The van der Waals surface area contributed by atoms with Crippen LogP contribution in [0.2, 0.25) is 0 Å². The van der Waals surface area contributed by atoms with Gasteiger partial charge in [0.2, 0.25) is 11.7 Å². The molecule has 116 valence electrons. The van der Waals surface area contributed by atoms with Crippen molar-refractivity contribution >= 4 is 40.0 Å². The number of rotatable bonds is 3. The van der Waals surface area contributed by atoms with Gasteiger partial charge in [-0.3, -0.25) is 9.59 Å². The van der Waals surface area contributed by atoms with Crippen molar-refractivity contribution in [1.82, 2.24) is 15.0 Å². The number of nitrogens with one attached hydrogen (secondary N) is 1. The molecule has 2 aromatic heterocycles. The Hall–Kier alpha value is -1.87. The van der Waals surface area contributed by atoms with Crippen LogP contribution in [0.15, 0.2) is 16.8 Å². The molecule has 1 atom stereocenters. The summed E-state index contributed by atoms with van der Waals surface area (Å²) in [5.41, 5.74) is 0.634. The highest BCUT2D eigenvalue weighted by Gasteiger charge is 2.36. The fraction of sp³-hybridized carbons (Fsp3) is 0.385. The normalized spacial score (nSPS) is 17.7. The molecule has 0 spiro atoms. The lowest BCUT2D eigenvalue weighted by molar-refractivity contribution is -0.119. The van der Waals surface area contributed by atoms with Crippen LogP contribution in [0, 0.1) is 13.8 Å². The molecule has 2 amide bonds. The Morgan fingerprint density at radius 2 is 2.27 bits per heavy atom. The molecule has 3 heterocycles. The number of aromatic nitrogens is 2. The van der Waals surface area contributed by atoms with Crippen molar-refractivity contribution in [2.75, 3.05) is 16.9 Å². The van der Waals surface area contributed by atoms with E-state index < -0.39 is 6.04 Å². The second kappa shape index (κ2) is 6.09. The topological polar surface area (TPSA) is 88.3 Å². The lowest BCUT2D eigenvalue weighted by Gasteiger charge is -2.21. The quantitative estimate of drug-likeness (QED) is 0.919. The summed E-state index contributed by atoms with van der Waals surface area (Å²) in [6.45, 7) is 3.66. The number of hydrogen-bond donors (Lipinski definition) is 1. The van der Waals surface area contributed by atoms with Gasteiger partial charge in [-0.2, -0.15) is 0 Å². The molecule has 0 unspecified atom stereocenters. The van der Waals surface area contributed by atoms with Gasteiger partial charge in [0.25, 0.3) is 5.91 Å². The highest BCUT2D eigenvalue weighted by Crippen LogP contribution is 2.25. The van der Waals surface area contributed by atoms with E-state index in [1.54, 1.807) is 19.2 Å². The van der Waals surface area contributed by atoms with Crippen LogP contribution in [0.4, 0.5) is 5.13 Å². The number of nitrogens with zero attached hydrogens (tertiary/aromatic N) is 3. The van der Waals surface area contributed by atoms with Crippen LogP contribution in [0.3, 0.4) is 0 Å². The summed E-state index contributed by atoms with van der Waals surface area (Å²) in [6, 6.07) is 1.04. The first-order valence-electron chi connectivity index (χ1n) is 6.60. The summed E-state index contributed by atoms with van der Waals surface area (Å²) in [4.78, 5) is 31.4. The molecule has 3 rings (SSSR count). The maximum Gasteiger partial charge on any atom is 0.293 e. The zero-order valence-corrected chi connectivity index (χ0v) is 13.7. The Kier molecular flexibility index (Phi) is 4.16. The second-order valence-corrected chi connectivity index (χ2v) is 7.12. The lowest BCUT2D eigenvalue weighted by atomic mass is 10.2. The van der Waals surface area contributed by atoms with Gasteiger partial charge in [0.05, 0.1) is 11.6 Å². The number of thiazole rings is 1. The van der Waals surface area contributed by atoms with E-state index in [9.17, 15) is 9.59 Å². The van der Waals surface area contributed by atoms with E-state index in [1.807, 2.05) is 6.92 Å². The molecule has 2 aromatic rings. The minimum Gasteiger partial charge on any atom is -0.351 e. The summed E-state index contributed by atoms with van der Waals surface area (Å²) in [6.07, 6.45) is 1.70. The third-order valence-corrected chi connectivity index (χ3v) is 4.98. The average molecular weight is 338 g/mol. The summed E-state index contributed by atoms with van der Waals surface area (Å²) >= 11 is 2.93. The Labute approximate surface area is 135 Å². The zero-order valence-electron chi connectivity index (χ0n) is 12.0. The standard InChI is InChI=1S/C13H14N4O3S2/c1-7-3-10(20-16-7)12(19)17-6-21-5-9(17)11(18)15-13-14-4-8(2)22-13/h3-4,9H,5-6H2,1-2H3,(H,14,15,18)/t9-/m1/s1. The van der Waals surface area contributed by atoms with Crippen LogP contribution in [0.5, 0.6) is 0 Å². The van der Waals surface area contributed by atoms with E-state index >= 15 is 0 Å². The maximum absolute atomic E-state index is 12.4. The number of aryl methyl sites for hydroxylation is 2. The Morgan fingerprint density at radius 3 is 2.91 bits per heavy atom. The second-order valence-electron chi connectivity index (χ2n) is 4.89. The minimum atomic E-state index is -0.535. The van der Waals surface area contributed by atoms with Crippen molar-refractivity contribution in [1.29, 1.82) is 0 Å². The highest BCUT2D eigenvalue weighted by molar-refractivity contribution is 7.99.